The van der Waals surface area contributed by atoms with Gasteiger partial charge >= 0.3 is 5.97 Å². The van der Waals surface area contributed by atoms with Crippen LogP contribution in [0.15, 0.2) is 18.2 Å². The molecule has 1 aromatic rings. The van der Waals surface area contributed by atoms with E-state index in [4.69, 9.17) is 15.6 Å². The smallest absolute Gasteiger partial charge is 0.307 e. The highest BCUT2D eigenvalue weighted by Gasteiger charge is 2.44. The normalized spacial score (nSPS) is 28.5. The van der Waals surface area contributed by atoms with Crippen molar-refractivity contribution >= 4 is 17.3 Å². The van der Waals surface area contributed by atoms with E-state index in [1.54, 1.807) is 0 Å². The minimum Gasteiger partial charge on any atom is -0.481 e. The molecular weight excluding hydrogens is 244 g/mol. The zero-order valence-electron chi connectivity index (χ0n) is 10.6. The van der Waals surface area contributed by atoms with Crippen LogP contribution < -0.4 is 11.1 Å². The number of nitrogens with two attached hydrogens (primary N) is 1. The van der Waals surface area contributed by atoms with Crippen LogP contribution in [-0.4, -0.2) is 30.3 Å². The van der Waals surface area contributed by atoms with E-state index in [0.717, 1.165) is 37.2 Å². The molecule has 0 radical (unpaired) electrons. The van der Waals surface area contributed by atoms with Crippen molar-refractivity contribution in [2.24, 2.45) is 5.92 Å². The second-order valence-electron chi connectivity index (χ2n) is 5.30. The molecule has 102 valence electrons. The van der Waals surface area contributed by atoms with Gasteiger partial charge < -0.3 is 20.9 Å². The van der Waals surface area contributed by atoms with Crippen LogP contribution in [0.5, 0.6) is 0 Å². The average Bonchev–Trinajstić information content (AvgIpc) is 3.09. The fourth-order valence-corrected chi connectivity index (χ4v) is 2.46. The van der Waals surface area contributed by atoms with Gasteiger partial charge in [-0.15, -0.1) is 0 Å². The fraction of sp³-hybridized carbons (Fsp3) is 0.500. The molecule has 0 bridgehead atoms. The Hall–Kier alpha value is -1.75. The van der Waals surface area contributed by atoms with Crippen molar-refractivity contribution in [1.82, 2.24) is 0 Å². The number of nitrogen functional groups attached to an aromatic ring is 1. The van der Waals surface area contributed by atoms with Crippen molar-refractivity contribution in [3.05, 3.63) is 23.8 Å². The summed E-state index contributed by atoms with van der Waals surface area (Å²) < 4.78 is 5.35. The summed E-state index contributed by atoms with van der Waals surface area (Å²) in [7, 11) is 0. The zero-order chi connectivity index (χ0) is 13.4. The van der Waals surface area contributed by atoms with Gasteiger partial charge in [0.2, 0.25) is 0 Å². The fourth-order valence-electron chi connectivity index (χ4n) is 2.46. The molecule has 1 heterocycles. The van der Waals surface area contributed by atoms with E-state index in [2.05, 4.69) is 5.32 Å². The van der Waals surface area contributed by atoms with E-state index in [1.165, 1.54) is 0 Å². The Morgan fingerprint density at radius 3 is 2.89 bits per heavy atom. The van der Waals surface area contributed by atoms with Crippen LogP contribution in [-0.2, 0) is 9.53 Å². The standard InChI is InChI=1S/C14H18N2O3/c15-12-2-1-8(10-6-11(10)14(17)18)5-13(12)16-7-9-3-4-19-9/h1-2,5,9-11,16H,3-4,6-7,15H2,(H,17,18)/t9-,10?,11?/m0/s1. The van der Waals surface area contributed by atoms with Gasteiger partial charge in [-0.1, -0.05) is 6.07 Å². The van der Waals surface area contributed by atoms with E-state index in [0.29, 0.717) is 5.69 Å². The molecule has 2 unspecified atom stereocenters. The highest BCUT2D eigenvalue weighted by Crippen LogP contribution is 2.48. The van der Waals surface area contributed by atoms with Gasteiger partial charge in [-0.2, -0.15) is 0 Å². The second-order valence-corrected chi connectivity index (χ2v) is 5.30. The predicted molar refractivity (Wildman–Crippen MR) is 72.2 cm³/mol. The van der Waals surface area contributed by atoms with Crippen molar-refractivity contribution in [2.75, 3.05) is 24.2 Å². The monoisotopic (exact) mass is 262 g/mol. The number of benzene rings is 1. The first kappa shape index (κ1) is 12.3. The quantitative estimate of drug-likeness (QED) is 0.703. The molecule has 0 spiro atoms. The maximum atomic E-state index is 10.9. The lowest BCUT2D eigenvalue weighted by molar-refractivity contribution is -0.138. The Morgan fingerprint density at radius 2 is 2.32 bits per heavy atom. The van der Waals surface area contributed by atoms with Gasteiger partial charge in [-0.05, 0) is 36.5 Å². The molecule has 3 rings (SSSR count). The first-order chi connectivity index (χ1) is 9.15. The van der Waals surface area contributed by atoms with Crippen molar-refractivity contribution in [2.45, 2.75) is 24.9 Å². The van der Waals surface area contributed by atoms with Gasteiger partial charge in [0.25, 0.3) is 0 Å². The average molecular weight is 262 g/mol. The number of carboxylic acid groups (broad SMARTS) is 1. The molecule has 1 saturated carbocycles. The Morgan fingerprint density at radius 1 is 1.53 bits per heavy atom. The van der Waals surface area contributed by atoms with Gasteiger partial charge in [0.15, 0.2) is 0 Å². The third-order valence-corrected chi connectivity index (χ3v) is 3.93. The van der Waals surface area contributed by atoms with Gasteiger partial charge in [-0.3, -0.25) is 4.79 Å². The number of hydrogen-bond acceptors (Lipinski definition) is 4. The molecule has 1 aromatic carbocycles. The van der Waals surface area contributed by atoms with E-state index in [-0.39, 0.29) is 17.9 Å². The van der Waals surface area contributed by atoms with Gasteiger partial charge in [0.1, 0.15) is 0 Å². The first-order valence-corrected chi connectivity index (χ1v) is 6.63. The Balaban J connectivity index is 1.67. The molecule has 19 heavy (non-hydrogen) atoms. The highest BCUT2D eigenvalue weighted by molar-refractivity contribution is 5.76. The topological polar surface area (TPSA) is 84.6 Å². The number of ether oxygens (including phenoxy) is 1. The van der Waals surface area contributed by atoms with E-state index in [1.807, 2.05) is 18.2 Å². The third kappa shape index (κ3) is 2.51. The maximum absolute atomic E-state index is 10.9. The van der Waals surface area contributed by atoms with E-state index >= 15 is 0 Å². The van der Waals surface area contributed by atoms with Crippen LogP contribution in [0, 0.1) is 5.92 Å². The van der Waals surface area contributed by atoms with Crippen LogP contribution >= 0.6 is 0 Å². The maximum Gasteiger partial charge on any atom is 0.307 e. The van der Waals surface area contributed by atoms with Crippen LogP contribution in [0.4, 0.5) is 11.4 Å². The Labute approximate surface area is 111 Å². The zero-order valence-corrected chi connectivity index (χ0v) is 10.6. The summed E-state index contributed by atoms with van der Waals surface area (Å²) in [5.41, 5.74) is 8.55. The van der Waals surface area contributed by atoms with Crippen molar-refractivity contribution < 1.29 is 14.6 Å². The summed E-state index contributed by atoms with van der Waals surface area (Å²) in [6, 6.07) is 5.74. The van der Waals surface area contributed by atoms with Crippen molar-refractivity contribution in [1.29, 1.82) is 0 Å². The van der Waals surface area contributed by atoms with Crippen LogP contribution in [0.3, 0.4) is 0 Å². The van der Waals surface area contributed by atoms with Gasteiger partial charge in [0.05, 0.1) is 23.4 Å². The van der Waals surface area contributed by atoms with E-state index < -0.39 is 5.97 Å². The summed E-state index contributed by atoms with van der Waals surface area (Å²) in [4.78, 5) is 10.9. The number of carboxylic acids is 1. The number of aliphatic carboxylic acids is 1. The Kier molecular flexibility index (Phi) is 3.06. The number of carbonyl (C=O) groups is 1. The van der Waals surface area contributed by atoms with E-state index in [9.17, 15) is 4.79 Å². The third-order valence-electron chi connectivity index (χ3n) is 3.93. The SMILES string of the molecule is Nc1ccc(C2CC2C(=O)O)cc1NC[C@@H]1CCO1. The molecule has 1 aliphatic carbocycles. The van der Waals surface area contributed by atoms with Gasteiger partial charge in [0, 0.05) is 13.2 Å². The molecule has 4 N–H and O–H groups in total. The number of nitrogens with one attached hydrogen (secondary N) is 1. The molecule has 0 aromatic heterocycles. The molecular formula is C14H18N2O3. The molecule has 1 saturated heterocycles. The minimum absolute atomic E-state index is 0.138. The molecule has 0 amide bonds. The minimum atomic E-state index is -0.709. The largest absolute Gasteiger partial charge is 0.481 e. The summed E-state index contributed by atoms with van der Waals surface area (Å²) in [5.74, 6) is -0.802. The Bertz CT molecular complexity index is 499. The molecule has 1 aliphatic heterocycles. The van der Waals surface area contributed by atoms with Crippen LogP contribution in [0.25, 0.3) is 0 Å². The summed E-state index contributed by atoms with van der Waals surface area (Å²) in [6.07, 6.45) is 2.08. The number of rotatable bonds is 5. The lowest BCUT2D eigenvalue weighted by Gasteiger charge is -2.27. The summed E-state index contributed by atoms with van der Waals surface area (Å²) >= 11 is 0. The lowest BCUT2D eigenvalue weighted by Crippen LogP contribution is -2.33. The number of hydrogen-bond donors (Lipinski definition) is 3. The highest BCUT2D eigenvalue weighted by atomic mass is 16.5. The van der Waals surface area contributed by atoms with Crippen LogP contribution in [0.1, 0.15) is 24.3 Å². The van der Waals surface area contributed by atoms with Crippen molar-refractivity contribution in [3.8, 4) is 0 Å². The van der Waals surface area contributed by atoms with Crippen molar-refractivity contribution in [3.63, 3.8) is 0 Å². The number of anilines is 2. The lowest BCUT2D eigenvalue weighted by atomic mass is 10.1. The molecule has 5 heteroatoms. The predicted octanol–water partition coefficient (Wildman–Crippen LogP) is 1.66. The molecule has 2 fully saturated rings. The molecule has 5 nitrogen and oxygen atoms in total. The van der Waals surface area contributed by atoms with Gasteiger partial charge in [-0.25, -0.2) is 0 Å². The second kappa shape index (κ2) is 4.74. The molecule has 3 atom stereocenters. The molecule has 2 aliphatic rings. The summed E-state index contributed by atoms with van der Waals surface area (Å²) in [5, 5.41) is 12.3. The van der Waals surface area contributed by atoms with Crippen LogP contribution in [0.2, 0.25) is 0 Å². The first-order valence-electron chi connectivity index (χ1n) is 6.63. The summed E-state index contributed by atoms with van der Waals surface area (Å²) in [6.45, 7) is 1.59.